The summed E-state index contributed by atoms with van der Waals surface area (Å²) in [5.41, 5.74) is 9.87. The molecule has 4 atom stereocenters. The summed E-state index contributed by atoms with van der Waals surface area (Å²) in [5.74, 6) is -3.55. The lowest BCUT2D eigenvalue weighted by Gasteiger charge is -2.24. The van der Waals surface area contributed by atoms with Crippen LogP contribution in [-0.2, 0) is 38.4 Å². The number of fused-ring (bicyclic) bond motifs is 2. The molecule has 3 heterocycles. The van der Waals surface area contributed by atoms with E-state index in [1.807, 2.05) is 48.5 Å². The van der Waals surface area contributed by atoms with E-state index in [1.165, 1.54) is 12.5 Å². The van der Waals surface area contributed by atoms with Gasteiger partial charge in [0.25, 0.3) is 0 Å². The molecule has 2 aromatic carbocycles. The number of nitrogens with zero attached hydrogens (tertiary/aromatic N) is 1. The van der Waals surface area contributed by atoms with Gasteiger partial charge in [-0.2, -0.15) is 0 Å². The first kappa shape index (κ1) is 31.0. The molecule has 0 saturated carbocycles. The summed E-state index contributed by atoms with van der Waals surface area (Å²) in [6.45, 7) is -0.767. The molecule has 234 valence electrons. The first-order valence-electron chi connectivity index (χ1n) is 14.3. The van der Waals surface area contributed by atoms with Crippen LogP contribution in [0.5, 0.6) is 0 Å². The Morgan fingerprint density at radius 2 is 1.29 bits per heavy atom. The number of rotatable bonds is 14. The first-order chi connectivity index (χ1) is 21.7. The number of aliphatic carboxylic acids is 1. The van der Waals surface area contributed by atoms with E-state index in [9.17, 15) is 29.4 Å². The molecule has 3 aromatic heterocycles. The SMILES string of the molecule is NC(Cc1c[nH]c2ccccc12)C(=O)NC(CO)C(=O)NC(Cc1c[nH]c2ccccc12)C(=O)NC(Cc1cnc[nH]1)C(=O)O. The van der Waals surface area contributed by atoms with Crippen LogP contribution in [0, 0.1) is 0 Å². The number of aliphatic hydroxyl groups is 1. The molecule has 0 spiro atoms. The monoisotopic (exact) mass is 614 g/mol. The zero-order valence-corrected chi connectivity index (χ0v) is 24.1. The Labute approximate surface area is 256 Å². The molecule has 5 aromatic rings. The van der Waals surface area contributed by atoms with E-state index < -0.39 is 54.5 Å². The number of nitrogens with two attached hydrogens (primary N) is 1. The quantitative estimate of drug-likeness (QED) is 0.0840. The third kappa shape index (κ3) is 7.37. The highest BCUT2D eigenvalue weighted by Gasteiger charge is 2.31. The van der Waals surface area contributed by atoms with Crippen LogP contribution in [0.2, 0.25) is 0 Å². The van der Waals surface area contributed by atoms with Crippen molar-refractivity contribution in [1.82, 2.24) is 35.9 Å². The minimum Gasteiger partial charge on any atom is -0.480 e. The number of hydrogen-bond donors (Lipinski definition) is 9. The number of aromatic amines is 3. The highest BCUT2D eigenvalue weighted by molar-refractivity contribution is 5.95. The third-order valence-corrected chi connectivity index (χ3v) is 7.59. The highest BCUT2D eigenvalue weighted by Crippen LogP contribution is 2.20. The van der Waals surface area contributed by atoms with Crippen molar-refractivity contribution < 1.29 is 29.4 Å². The molecule has 14 nitrogen and oxygen atoms in total. The lowest BCUT2D eigenvalue weighted by molar-refractivity contribution is -0.142. The molecule has 4 unspecified atom stereocenters. The Morgan fingerprint density at radius 3 is 1.87 bits per heavy atom. The van der Waals surface area contributed by atoms with Gasteiger partial charge in [-0.3, -0.25) is 14.4 Å². The number of carbonyl (C=O) groups is 4. The van der Waals surface area contributed by atoms with Gasteiger partial charge in [-0.25, -0.2) is 9.78 Å². The largest absolute Gasteiger partial charge is 0.480 e. The lowest BCUT2D eigenvalue weighted by Crippen LogP contribution is -2.58. The smallest absolute Gasteiger partial charge is 0.326 e. The number of carboxylic acid groups (broad SMARTS) is 1. The fourth-order valence-corrected chi connectivity index (χ4v) is 5.19. The van der Waals surface area contributed by atoms with Gasteiger partial charge in [0.2, 0.25) is 17.7 Å². The Morgan fingerprint density at radius 1 is 0.733 bits per heavy atom. The maximum absolute atomic E-state index is 13.5. The Hall–Kier alpha value is -5.47. The van der Waals surface area contributed by atoms with E-state index >= 15 is 0 Å². The summed E-state index contributed by atoms with van der Waals surface area (Å²) in [7, 11) is 0. The summed E-state index contributed by atoms with van der Waals surface area (Å²) < 4.78 is 0. The van der Waals surface area contributed by atoms with Crippen molar-refractivity contribution in [3.8, 4) is 0 Å². The average Bonchev–Trinajstić information content (AvgIpc) is 3.80. The standard InChI is InChI=1S/C31H34N8O6/c32-22(9-17-12-34-23-7-3-1-5-20(17)23)28(41)39-27(15-40)30(43)37-25(10-18-13-35-24-8-4-2-6-21(18)24)29(42)38-26(31(44)45)11-19-14-33-16-36-19/h1-8,12-14,16,22,25-27,34-35,40H,9-11,15,32H2,(H,33,36)(H,37,43)(H,38,42)(H,39,41)(H,44,45). The number of nitrogens with one attached hydrogen (secondary N) is 6. The van der Waals surface area contributed by atoms with Crippen molar-refractivity contribution in [3.63, 3.8) is 0 Å². The summed E-state index contributed by atoms with van der Waals surface area (Å²) >= 11 is 0. The number of aromatic nitrogens is 4. The van der Waals surface area contributed by atoms with Crippen LogP contribution in [-0.4, -0.2) is 84.6 Å². The lowest BCUT2D eigenvalue weighted by atomic mass is 10.0. The first-order valence-corrected chi connectivity index (χ1v) is 14.3. The van der Waals surface area contributed by atoms with Crippen LogP contribution < -0.4 is 21.7 Å². The second-order valence-electron chi connectivity index (χ2n) is 10.7. The molecular formula is C31H34N8O6. The molecule has 3 amide bonds. The van der Waals surface area contributed by atoms with E-state index in [2.05, 4.69) is 35.9 Å². The Balaban J connectivity index is 1.30. The van der Waals surface area contributed by atoms with Gasteiger partial charge >= 0.3 is 5.97 Å². The maximum Gasteiger partial charge on any atom is 0.326 e. The third-order valence-electron chi connectivity index (χ3n) is 7.59. The highest BCUT2D eigenvalue weighted by atomic mass is 16.4. The van der Waals surface area contributed by atoms with Crippen molar-refractivity contribution in [2.24, 2.45) is 5.73 Å². The number of carbonyl (C=O) groups excluding carboxylic acids is 3. The van der Waals surface area contributed by atoms with Gasteiger partial charge in [-0.1, -0.05) is 36.4 Å². The maximum atomic E-state index is 13.5. The summed E-state index contributed by atoms with van der Waals surface area (Å²) in [6.07, 6.45) is 6.40. The van der Waals surface area contributed by atoms with Gasteiger partial charge in [0, 0.05) is 58.9 Å². The van der Waals surface area contributed by atoms with Gasteiger partial charge < -0.3 is 46.8 Å². The van der Waals surface area contributed by atoms with Crippen molar-refractivity contribution in [1.29, 1.82) is 0 Å². The number of imidazole rings is 1. The van der Waals surface area contributed by atoms with Crippen LogP contribution in [0.1, 0.15) is 16.8 Å². The van der Waals surface area contributed by atoms with E-state index in [-0.39, 0.29) is 19.3 Å². The number of amides is 3. The van der Waals surface area contributed by atoms with E-state index in [0.717, 1.165) is 27.4 Å². The number of H-pyrrole nitrogens is 3. The molecular weight excluding hydrogens is 580 g/mol. The van der Waals surface area contributed by atoms with Gasteiger partial charge in [0.1, 0.15) is 18.1 Å². The number of hydrogen-bond acceptors (Lipinski definition) is 7. The summed E-state index contributed by atoms with van der Waals surface area (Å²) in [6, 6.07) is 9.89. The van der Waals surface area contributed by atoms with Gasteiger partial charge in [-0.05, 0) is 29.7 Å². The van der Waals surface area contributed by atoms with Gasteiger partial charge in [0.05, 0.1) is 19.0 Å². The zero-order valence-electron chi connectivity index (χ0n) is 24.1. The molecule has 0 radical (unpaired) electrons. The summed E-state index contributed by atoms with van der Waals surface area (Å²) in [4.78, 5) is 64.8. The van der Waals surface area contributed by atoms with Crippen molar-refractivity contribution in [3.05, 3.63) is 90.3 Å². The van der Waals surface area contributed by atoms with Crippen molar-refractivity contribution in [2.45, 2.75) is 43.4 Å². The van der Waals surface area contributed by atoms with Crippen LogP contribution in [0.4, 0.5) is 0 Å². The predicted molar refractivity (Wildman–Crippen MR) is 165 cm³/mol. The fourth-order valence-electron chi connectivity index (χ4n) is 5.19. The second-order valence-corrected chi connectivity index (χ2v) is 10.7. The number of benzene rings is 2. The van der Waals surface area contributed by atoms with Gasteiger partial charge in [0.15, 0.2) is 0 Å². The molecule has 45 heavy (non-hydrogen) atoms. The van der Waals surface area contributed by atoms with Crippen LogP contribution in [0.25, 0.3) is 21.8 Å². The molecule has 14 heteroatoms. The average molecular weight is 615 g/mol. The minimum absolute atomic E-state index is 0.00977. The zero-order chi connectivity index (χ0) is 31.9. The molecule has 5 rings (SSSR count). The van der Waals surface area contributed by atoms with Gasteiger partial charge in [-0.15, -0.1) is 0 Å². The molecule has 10 N–H and O–H groups in total. The second kappa shape index (κ2) is 13.9. The predicted octanol–water partition coefficient (Wildman–Crippen LogP) is 0.259. The fraction of sp³-hybridized carbons (Fsp3) is 0.258. The van der Waals surface area contributed by atoms with E-state index in [0.29, 0.717) is 11.3 Å². The normalized spacial score (nSPS) is 14.0. The van der Waals surface area contributed by atoms with Crippen molar-refractivity contribution in [2.75, 3.05) is 6.61 Å². The Bertz CT molecular complexity index is 1800. The van der Waals surface area contributed by atoms with Crippen LogP contribution in [0.3, 0.4) is 0 Å². The van der Waals surface area contributed by atoms with Crippen molar-refractivity contribution >= 4 is 45.5 Å². The molecule has 0 aliphatic heterocycles. The number of aliphatic hydroxyl groups excluding tert-OH is 1. The minimum atomic E-state index is -1.43. The van der Waals surface area contributed by atoms with Crippen LogP contribution >= 0.6 is 0 Å². The molecule has 0 fully saturated rings. The molecule has 0 aliphatic rings. The number of para-hydroxylation sites is 2. The van der Waals surface area contributed by atoms with Crippen LogP contribution in [0.15, 0.2) is 73.4 Å². The molecule has 0 bridgehead atoms. The Kier molecular flexibility index (Phi) is 9.55. The van der Waals surface area contributed by atoms with E-state index in [1.54, 1.807) is 12.4 Å². The topological polar surface area (TPSA) is 231 Å². The van der Waals surface area contributed by atoms with E-state index in [4.69, 9.17) is 5.73 Å². The summed E-state index contributed by atoms with van der Waals surface area (Å²) in [5, 5.41) is 29.1. The molecule has 0 aliphatic carbocycles. The molecule has 0 saturated heterocycles. The number of carboxylic acids is 1.